The molecule has 0 amide bonds. The lowest BCUT2D eigenvalue weighted by Gasteiger charge is -2.09. The molecular formula is C17H12ClN3O. The molecule has 0 saturated carbocycles. The van der Waals surface area contributed by atoms with Crippen molar-refractivity contribution in [3.8, 4) is 11.6 Å². The van der Waals surface area contributed by atoms with Crippen LogP contribution in [0.15, 0.2) is 65.4 Å². The highest BCUT2D eigenvalue weighted by Crippen LogP contribution is 2.28. The number of rotatable bonds is 3. The lowest BCUT2D eigenvalue weighted by Crippen LogP contribution is -2.01. The van der Waals surface area contributed by atoms with Crippen molar-refractivity contribution in [1.82, 2.24) is 14.8 Å². The highest BCUT2D eigenvalue weighted by atomic mass is 35.5. The maximum Gasteiger partial charge on any atom is 0.264 e. The molecule has 0 aliphatic heterocycles. The first-order chi connectivity index (χ1) is 10.8. The third-order valence-corrected chi connectivity index (χ3v) is 3.85. The molecule has 0 saturated heterocycles. The average molecular weight is 310 g/mol. The molecule has 22 heavy (non-hydrogen) atoms. The summed E-state index contributed by atoms with van der Waals surface area (Å²) < 4.78 is 7.54. The van der Waals surface area contributed by atoms with Crippen molar-refractivity contribution in [3.63, 3.8) is 0 Å². The van der Waals surface area contributed by atoms with E-state index in [9.17, 15) is 0 Å². The summed E-state index contributed by atoms with van der Waals surface area (Å²) in [6.45, 7) is 0.686. The average Bonchev–Trinajstić information content (AvgIpc) is 3.15. The minimum absolute atomic E-state index is 0.512. The smallest absolute Gasteiger partial charge is 0.264 e. The highest BCUT2D eigenvalue weighted by molar-refractivity contribution is 6.30. The normalized spacial score (nSPS) is 11.1. The van der Waals surface area contributed by atoms with Gasteiger partial charge in [0, 0.05) is 22.5 Å². The van der Waals surface area contributed by atoms with Gasteiger partial charge in [0.15, 0.2) is 0 Å². The van der Waals surface area contributed by atoms with Crippen LogP contribution < -0.4 is 0 Å². The molecule has 0 N–H and O–H groups in total. The molecule has 5 heteroatoms. The van der Waals surface area contributed by atoms with Crippen LogP contribution in [0, 0.1) is 0 Å². The Bertz CT molecular complexity index is 928. The molecule has 0 spiro atoms. The van der Waals surface area contributed by atoms with Crippen molar-refractivity contribution in [2.75, 3.05) is 0 Å². The summed E-state index contributed by atoms with van der Waals surface area (Å²) >= 11 is 6.09. The number of halogens is 1. The fraction of sp³-hybridized carbons (Fsp3) is 0.0588. The summed E-state index contributed by atoms with van der Waals surface area (Å²) in [5, 5.41) is 9.68. The van der Waals surface area contributed by atoms with Gasteiger partial charge in [-0.2, -0.15) is 0 Å². The van der Waals surface area contributed by atoms with Crippen LogP contribution in [0.2, 0.25) is 5.02 Å². The molecule has 108 valence electrons. The Kier molecular flexibility index (Phi) is 3.16. The second kappa shape index (κ2) is 5.31. The van der Waals surface area contributed by atoms with E-state index in [0.717, 1.165) is 27.2 Å². The maximum atomic E-state index is 6.09. The van der Waals surface area contributed by atoms with Gasteiger partial charge in [0.1, 0.15) is 5.69 Å². The zero-order valence-corrected chi connectivity index (χ0v) is 12.4. The number of para-hydroxylation sites is 1. The van der Waals surface area contributed by atoms with Gasteiger partial charge in [-0.25, -0.2) is 0 Å². The van der Waals surface area contributed by atoms with E-state index < -0.39 is 0 Å². The number of benzene rings is 2. The van der Waals surface area contributed by atoms with Crippen LogP contribution in [0.5, 0.6) is 0 Å². The van der Waals surface area contributed by atoms with Crippen molar-refractivity contribution in [3.05, 3.63) is 71.6 Å². The lowest BCUT2D eigenvalue weighted by molar-refractivity contribution is 0.562. The standard InChI is InChI=1S/C17H12ClN3O/c18-14-6-3-4-12(8-14)10-21-15-7-2-1-5-13(15)9-16(21)17-20-19-11-22-17/h1-9,11H,10H2. The van der Waals surface area contributed by atoms with Gasteiger partial charge in [-0.05, 0) is 29.8 Å². The van der Waals surface area contributed by atoms with E-state index in [4.69, 9.17) is 16.0 Å². The number of hydrogen-bond acceptors (Lipinski definition) is 3. The summed E-state index contributed by atoms with van der Waals surface area (Å²) in [4.78, 5) is 0. The van der Waals surface area contributed by atoms with Gasteiger partial charge in [-0.15, -0.1) is 10.2 Å². The Morgan fingerprint density at radius 1 is 1.05 bits per heavy atom. The van der Waals surface area contributed by atoms with Gasteiger partial charge in [0.25, 0.3) is 5.89 Å². The van der Waals surface area contributed by atoms with Crippen molar-refractivity contribution in [2.24, 2.45) is 0 Å². The lowest BCUT2D eigenvalue weighted by atomic mass is 10.2. The van der Waals surface area contributed by atoms with Crippen LogP contribution in [0.1, 0.15) is 5.56 Å². The molecule has 2 heterocycles. The van der Waals surface area contributed by atoms with Crippen LogP contribution in [-0.4, -0.2) is 14.8 Å². The van der Waals surface area contributed by atoms with Crippen LogP contribution in [0.4, 0.5) is 0 Å². The molecule has 0 aliphatic rings. The molecular weight excluding hydrogens is 298 g/mol. The second-order valence-corrected chi connectivity index (χ2v) is 5.48. The SMILES string of the molecule is Clc1cccc(Cn2c(-c3nnco3)cc3ccccc32)c1. The van der Waals surface area contributed by atoms with E-state index in [1.54, 1.807) is 0 Å². The van der Waals surface area contributed by atoms with E-state index in [1.807, 2.05) is 30.3 Å². The maximum absolute atomic E-state index is 6.09. The molecule has 0 aliphatic carbocycles. The molecule has 2 aromatic carbocycles. The first kappa shape index (κ1) is 13.1. The Labute approximate surface area is 132 Å². The number of aromatic nitrogens is 3. The van der Waals surface area contributed by atoms with E-state index in [2.05, 4.69) is 39.0 Å². The molecule has 4 nitrogen and oxygen atoms in total. The molecule has 0 unspecified atom stereocenters. The quantitative estimate of drug-likeness (QED) is 0.563. The molecule has 4 rings (SSSR count). The van der Waals surface area contributed by atoms with Crippen LogP contribution >= 0.6 is 11.6 Å². The Morgan fingerprint density at radius 3 is 2.77 bits per heavy atom. The van der Waals surface area contributed by atoms with Crippen molar-refractivity contribution >= 4 is 22.5 Å². The van der Waals surface area contributed by atoms with Crippen LogP contribution in [0.25, 0.3) is 22.5 Å². The van der Waals surface area contributed by atoms with Gasteiger partial charge in [0.2, 0.25) is 6.39 Å². The molecule has 0 radical (unpaired) electrons. The molecule has 0 fully saturated rings. The minimum Gasteiger partial charge on any atom is -0.422 e. The van der Waals surface area contributed by atoms with Crippen molar-refractivity contribution in [2.45, 2.75) is 6.54 Å². The fourth-order valence-electron chi connectivity index (χ4n) is 2.66. The summed E-state index contributed by atoms with van der Waals surface area (Å²) in [5.41, 5.74) is 3.14. The van der Waals surface area contributed by atoms with Gasteiger partial charge in [-0.1, -0.05) is 41.9 Å². The van der Waals surface area contributed by atoms with E-state index in [0.29, 0.717) is 12.4 Å². The zero-order valence-electron chi connectivity index (χ0n) is 11.6. The Hall–Kier alpha value is -2.59. The summed E-state index contributed by atoms with van der Waals surface area (Å²) in [6.07, 6.45) is 1.34. The minimum atomic E-state index is 0.512. The number of fused-ring (bicyclic) bond motifs is 1. The summed E-state index contributed by atoms with van der Waals surface area (Å²) in [6, 6.07) is 18.1. The van der Waals surface area contributed by atoms with E-state index >= 15 is 0 Å². The molecule has 0 atom stereocenters. The predicted molar refractivity (Wildman–Crippen MR) is 85.8 cm³/mol. The highest BCUT2D eigenvalue weighted by Gasteiger charge is 2.14. The number of hydrogen-bond donors (Lipinski definition) is 0. The summed E-state index contributed by atoms with van der Waals surface area (Å²) in [5.74, 6) is 0.512. The summed E-state index contributed by atoms with van der Waals surface area (Å²) in [7, 11) is 0. The van der Waals surface area contributed by atoms with Gasteiger partial charge < -0.3 is 8.98 Å². The van der Waals surface area contributed by atoms with Gasteiger partial charge in [0.05, 0.1) is 0 Å². The molecule has 4 aromatic rings. The van der Waals surface area contributed by atoms with E-state index in [1.165, 1.54) is 6.39 Å². The third kappa shape index (κ3) is 2.27. The topological polar surface area (TPSA) is 43.9 Å². The molecule has 0 bridgehead atoms. The largest absolute Gasteiger partial charge is 0.422 e. The second-order valence-electron chi connectivity index (χ2n) is 5.05. The van der Waals surface area contributed by atoms with Crippen molar-refractivity contribution in [1.29, 1.82) is 0 Å². The fourth-order valence-corrected chi connectivity index (χ4v) is 2.87. The monoisotopic (exact) mass is 309 g/mol. The predicted octanol–water partition coefficient (Wildman–Crippen LogP) is 4.39. The van der Waals surface area contributed by atoms with Crippen LogP contribution in [-0.2, 0) is 6.54 Å². The number of nitrogens with zero attached hydrogens (tertiary/aromatic N) is 3. The third-order valence-electron chi connectivity index (χ3n) is 3.62. The van der Waals surface area contributed by atoms with Crippen LogP contribution in [0.3, 0.4) is 0 Å². The van der Waals surface area contributed by atoms with Gasteiger partial charge in [-0.3, -0.25) is 0 Å². The van der Waals surface area contributed by atoms with Gasteiger partial charge >= 0.3 is 0 Å². The zero-order chi connectivity index (χ0) is 14.9. The van der Waals surface area contributed by atoms with Crippen molar-refractivity contribution < 1.29 is 4.42 Å². The first-order valence-electron chi connectivity index (χ1n) is 6.90. The Morgan fingerprint density at radius 2 is 1.95 bits per heavy atom. The first-order valence-corrected chi connectivity index (χ1v) is 7.28. The molecule has 2 aromatic heterocycles. The van der Waals surface area contributed by atoms with E-state index in [-0.39, 0.29) is 0 Å². The Balaban J connectivity index is 1.89.